The molecule has 1 aromatic rings. The number of hydrogen-bond acceptors (Lipinski definition) is 3. The molecule has 4 nitrogen and oxygen atoms in total. The van der Waals surface area contributed by atoms with E-state index >= 15 is 0 Å². The molecule has 0 aromatic heterocycles. The summed E-state index contributed by atoms with van der Waals surface area (Å²) in [5.41, 5.74) is -1.28. The molecule has 3 rings (SSSR count). The van der Waals surface area contributed by atoms with Gasteiger partial charge in [-0.25, -0.2) is 8.78 Å². The van der Waals surface area contributed by atoms with Crippen molar-refractivity contribution in [3.63, 3.8) is 0 Å². The molecule has 1 aromatic carbocycles. The number of benzene rings is 1. The van der Waals surface area contributed by atoms with E-state index in [1.165, 1.54) is 17.0 Å². The van der Waals surface area contributed by atoms with E-state index in [0.29, 0.717) is 31.8 Å². The highest BCUT2D eigenvalue weighted by molar-refractivity contribution is 5.86. The van der Waals surface area contributed by atoms with Gasteiger partial charge >= 0.3 is 0 Å². The van der Waals surface area contributed by atoms with E-state index in [1.54, 1.807) is 0 Å². The summed E-state index contributed by atoms with van der Waals surface area (Å²) < 4.78 is 27.3. The Balaban J connectivity index is 1.68. The Hall–Kier alpha value is -1.53. The first-order chi connectivity index (χ1) is 11.9. The van der Waals surface area contributed by atoms with Gasteiger partial charge in [-0.15, -0.1) is 0 Å². The minimum atomic E-state index is -1.43. The molecule has 1 atom stereocenters. The maximum Gasteiger partial charge on any atom is 0.256 e. The first kappa shape index (κ1) is 18.3. The van der Waals surface area contributed by atoms with Crippen LogP contribution in [0.1, 0.15) is 38.2 Å². The number of hydrogen-bond donors (Lipinski definition) is 1. The molecule has 138 valence electrons. The first-order valence-corrected chi connectivity index (χ1v) is 9.06. The summed E-state index contributed by atoms with van der Waals surface area (Å²) in [6, 6.07) is 3.97. The maximum atomic E-state index is 13.9. The Bertz CT molecular complexity index is 632. The van der Waals surface area contributed by atoms with E-state index in [2.05, 4.69) is 11.8 Å². The lowest BCUT2D eigenvalue weighted by atomic mass is 9.89. The van der Waals surface area contributed by atoms with E-state index < -0.39 is 17.2 Å². The zero-order valence-corrected chi connectivity index (χ0v) is 14.7. The number of amides is 1. The lowest BCUT2D eigenvalue weighted by molar-refractivity contribution is -0.160. The van der Waals surface area contributed by atoms with Gasteiger partial charge in [-0.05, 0) is 50.8 Å². The second-order valence-corrected chi connectivity index (χ2v) is 7.53. The van der Waals surface area contributed by atoms with E-state index in [9.17, 15) is 18.7 Å². The number of halogens is 2. The largest absolute Gasteiger partial charge is 0.379 e. The average molecular weight is 352 g/mol. The van der Waals surface area contributed by atoms with Crippen LogP contribution in [0, 0.1) is 17.6 Å². The Labute approximate surface area is 147 Å². The van der Waals surface area contributed by atoms with Crippen LogP contribution in [0.3, 0.4) is 0 Å². The van der Waals surface area contributed by atoms with Crippen molar-refractivity contribution in [3.05, 3.63) is 35.4 Å². The van der Waals surface area contributed by atoms with Gasteiger partial charge in [0, 0.05) is 25.2 Å². The third-order valence-corrected chi connectivity index (χ3v) is 5.46. The molecule has 2 heterocycles. The fraction of sp³-hybridized carbons (Fsp3) is 0.632. The third-order valence-electron chi connectivity index (χ3n) is 5.46. The topological polar surface area (TPSA) is 43.8 Å². The molecule has 1 unspecified atom stereocenters. The number of rotatable bonds is 4. The Morgan fingerprint density at radius 3 is 2.68 bits per heavy atom. The number of piperidine rings is 2. The standard InChI is InChI=1S/C19H26F2N2O2/c1-14-6-10-22(11-7-14)13-19(25)8-3-9-23(18(19)24)12-15-4-2-5-16(20)17(15)21/h2,4-5,14,25H,3,6-13H2,1H3. The van der Waals surface area contributed by atoms with Gasteiger partial charge in [-0.1, -0.05) is 19.1 Å². The summed E-state index contributed by atoms with van der Waals surface area (Å²) in [5.74, 6) is -1.53. The second-order valence-electron chi connectivity index (χ2n) is 7.53. The molecule has 25 heavy (non-hydrogen) atoms. The van der Waals surface area contributed by atoms with Crippen LogP contribution in [0.4, 0.5) is 8.78 Å². The van der Waals surface area contributed by atoms with E-state index in [-0.39, 0.29) is 18.0 Å². The predicted molar refractivity (Wildman–Crippen MR) is 90.8 cm³/mol. The highest BCUT2D eigenvalue weighted by Gasteiger charge is 2.43. The summed E-state index contributed by atoms with van der Waals surface area (Å²) in [6.07, 6.45) is 3.22. The molecule has 0 spiro atoms. The SMILES string of the molecule is CC1CCN(CC2(O)CCCN(Cc3cccc(F)c3F)C2=O)CC1. The number of nitrogens with zero attached hydrogens (tertiary/aromatic N) is 2. The van der Waals surface area contributed by atoms with Gasteiger partial charge in [-0.2, -0.15) is 0 Å². The molecule has 1 amide bonds. The Morgan fingerprint density at radius 1 is 1.24 bits per heavy atom. The van der Waals surface area contributed by atoms with Crippen molar-refractivity contribution in [2.45, 2.75) is 44.8 Å². The van der Waals surface area contributed by atoms with Crippen LogP contribution in [0.25, 0.3) is 0 Å². The van der Waals surface area contributed by atoms with Gasteiger partial charge in [0.2, 0.25) is 0 Å². The number of carbonyl (C=O) groups excluding carboxylic acids is 1. The van der Waals surface area contributed by atoms with Gasteiger partial charge in [0.15, 0.2) is 17.2 Å². The number of likely N-dealkylation sites (tertiary alicyclic amines) is 2. The van der Waals surface area contributed by atoms with E-state index in [4.69, 9.17) is 0 Å². The highest BCUT2D eigenvalue weighted by Crippen LogP contribution is 2.28. The fourth-order valence-corrected chi connectivity index (χ4v) is 3.83. The number of β-amino-alcohol motifs (C(OH)–C–C–N with tert-alkyl or cyclic N) is 1. The van der Waals surface area contributed by atoms with Gasteiger partial charge < -0.3 is 10.0 Å². The Kier molecular flexibility index (Phi) is 5.39. The van der Waals surface area contributed by atoms with E-state index in [0.717, 1.165) is 32.0 Å². The lowest BCUT2D eigenvalue weighted by Gasteiger charge is -2.42. The van der Waals surface area contributed by atoms with Gasteiger partial charge in [0.05, 0.1) is 0 Å². The zero-order chi connectivity index (χ0) is 18.0. The summed E-state index contributed by atoms with van der Waals surface area (Å²) in [7, 11) is 0. The van der Waals surface area contributed by atoms with Crippen LogP contribution in [0.2, 0.25) is 0 Å². The van der Waals surface area contributed by atoms with Gasteiger partial charge in [0.25, 0.3) is 5.91 Å². The molecular formula is C19H26F2N2O2. The normalized spacial score (nSPS) is 26.2. The summed E-state index contributed by atoms with van der Waals surface area (Å²) in [4.78, 5) is 16.4. The van der Waals surface area contributed by atoms with Crippen molar-refractivity contribution >= 4 is 5.91 Å². The van der Waals surface area contributed by atoms with Crippen molar-refractivity contribution in [2.24, 2.45) is 5.92 Å². The van der Waals surface area contributed by atoms with Crippen LogP contribution in [0.15, 0.2) is 18.2 Å². The maximum absolute atomic E-state index is 13.9. The fourth-order valence-electron chi connectivity index (χ4n) is 3.83. The summed E-state index contributed by atoms with van der Waals surface area (Å²) in [5, 5.41) is 10.9. The number of carbonyl (C=O) groups is 1. The third kappa shape index (κ3) is 4.01. The predicted octanol–water partition coefficient (Wildman–Crippen LogP) is 2.55. The van der Waals surface area contributed by atoms with Gasteiger partial charge in [0.1, 0.15) is 0 Å². The van der Waals surface area contributed by atoms with Crippen LogP contribution < -0.4 is 0 Å². The van der Waals surface area contributed by atoms with Crippen LogP contribution in [-0.2, 0) is 11.3 Å². The molecule has 0 radical (unpaired) electrons. The molecule has 6 heteroatoms. The molecule has 2 saturated heterocycles. The first-order valence-electron chi connectivity index (χ1n) is 9.06. The van der Waals surface area contributed by atoms with Crippen molar-refractivity contribution < 1.29 is 18.7 Å². The molecule has 0 saturated carbocycles. The molecule has 1 N–H and O–H groups in total. The monoisotopic (exact) mass is 352 g/mol. The van der Waals surface area contributed by atoms with E-state index in [1.807, 2.05) is 0 Å². The summed E-state index contributed by atoms with van der Waals surface area (Å²) >= 11 is 0. The van der Waals surface area contributed by atoms with Crippen molar-refractivity contribution in [1.82, 2.24) is 9.80 Å². The molecule has 2 fully saturated rings. The molecule has 0 aliphatic carbocycles. The minimum absolute atomic E-state index is 0.0121. The zero-order valence-electron chi connectivity index (χ0n) is 14.7. The Morgan fingerprint density at radius 2 is 1.96 bits per heavy atom. The van der Waals surface area contributed by atoms with Crippen molar-refractivity contribution in [3.8, 4) is 0 Å². The number of aliphatic hydroxyl groups is 1. The molecule has 2 aliphatic heterocycles. The van der Waals surface area contributed by atoms with Crippen molar-refractivity contribution in [2.75, 3.05) is 26.2 Å². The average Bonchev–Trinajstić information content (AvgIpc) is 2.58. The highest BCUT2D eigenvalue weighted by atomic mass is 19.2. The second kappa shape index (κ2) is 7.38. The van der Waals surface area contributed by atoms with Crippen LogP contribution in [0.5, 0.6) is 0 Å². The molecule has 2 aliphatic rings. The summed E-state index contributed by atoms with van der Waals surface area (Å²) in [6.45, 7) is 4.74. The van der Waals surface area contributed by atoms with Crippen molar-refractivity contribution in [1.29, 1.82) is 0 Å². The van der Waals surface area contributed by atoms with Crippen LogP contribution in [-0.4, -0.2) is 52.6 Å². The lowest BCUT2D eigenvalue weighted by Crippen LogP contribution is -2.59. The van der Waals surface area contributed by atoms with Gasteiger partial charge in [-0.3, -0.25) is 9.69 Å². The molecule has 0 bridgehead atoms. The minimum Gasteiger partial charge on any atom is -0.379 e. The van der Waals surface area contributed by atoms with Crippen LogP contribution >= 0.6 is 0 Å². The quantitative estimate of drug-likeness (QED) is 0.906. The molecular weight excluding hydrogens is 326 g/mol. The smallest absolute Gasteiger partial charge is 0.256 e.